The van der Waals surface area contributed by atoms with Gasteiger partial charge in [-0.15, -0.1) is 11.3 Å². The minimum atomic E-state index is -4.71. The molecule has 4 aromatic rings. The Hall–Kier alpha value is -3.17. The van der Waals surface area contributed by atoms with Crippen LogP contribution < -0.4 is 0 Å². The van der Waals surface area contributed by atoms with Crippen LogP contribution in [0.1, 0.15) is 31.2 Å². The molecular formula is C21H12ClF3N2O3S. The van der Waals surface area contributed by atoms with Gasteiger partial charge in [-0.05, 0) is 37.3 Å². The van der Waals surface area contributed by atoms with Crippen molar-refractivity contribution in [3.05, 3.63) is 75.1 Å². The Morgan fingerprint density at radius 2 is 1.81 bits per heavy atom. The summed E-state index contributed by atoms with van der Waals surface area (Å²) in [5, 5.41) is 12.7. The summed E-state index contributed by atoms with van der Waals surface area (Å²) in [7, 11) is 0. The zero-order chi connectivity index (χ0) is 22.5. The second kappa shape index (κ2) is 7.51. The number of carbonyl (C=O) groups excluding carboxylic acids is 1. The quantitative estimate of drug-likeness (QED) is 0.395. The normalized spacial score (nSPS) is 11.8. The number of fused-ring (bicyclic) bond motifs is 1. The number of alkyl halides is 3. The molecule has 10 heteroatoms. The number of hydrogen-bond acceptors (Lipinski definition) is 4. The molecule has 0 atom stereocenters. The van der Waals surface area contributed by atoms with Crippen molar-refractivity contribution in [2.24, 2.45) is 0 Å². The average Bonchev–Trinajstić information content (AvgIpc) is 3.24. The maximum Gasteiger partial charge on any atom is 0.417 e. The lowest BCUT2D eigenvalue weighted by atomic mass is 10.1. The first kappa shape index (κ1) is 21.1. The van der Waals surface area contributed by atoms with Gasteiger partial charge in [0.2, 0.25) is 0 Å². The van der Waals surface area contributed by atoms with Gasteiger partial charge < -0.3 is 5.11 Å². The lowest BCUT2D eigenvalue weighted by Gasteiger charge is -2.11. The zero-order valence-electron chi connectivity index (χ0n) is 15.7. The molecule has 31 heavy (non-hydrogen) atoms. The molecule has 0 aliphatic carbocycles. The van der Waals surface area contributed by atoms with E-state index in [1.165, 1.54) is 29.5 Å². The number of aromatic nitrogens is 2. The smallest absolute Gasteiger partial charge is 0.417 e. The Morgan fingerprint density at radius 1 is 1.13 bits per heavy atom. The summed E-state index contributed by atoms with van der Waals surface area (Å²) in [6.45, 7) is 1.83. The number of carboxylic acid groups (broad SMARTS) is 1. The Labute approximate surface area is 182 Å². The molecule has 2 aromatic carbocycles. The van der Waals surface area contributed by atoms with E-state index in [4.69, 9.17) is 16.7 Å². The van der Waals surface area contributed by atoms with Gasteiger partial charge >= 0.3 is 12.1 Å². The van der Waals surface area contributed by atoms with Crippen LogP contribution in [-0.2, 0) is 6.18 Å². The molecule has 0 unspecified atom stereocenters. The average molecular weight is 465 g/mol. The Bertz CT molecular complexity index is 1340. The Morgan fingerprint density at radius 3 is 2.42 bits per heavy atom. The molecule has 0 radical (unpaired) electrons. The van der Waals surface area contributed by atoms with Gasteiger partial charge in [0.25, 0.3) is 5.91 Å². The van der Waals surface area contributed by atoms with Crippen LogP contribution in [0.5, 0.6) is 0 Å². The van der Waals surface area contributed by atoms with Crippen LogP contribution in [0.2, 0.25) is 5.02 Å². The molecule has 0 fully saturated rings. The van der Waals surface area contributed by atoms with Gasteiger partial charge in [0.1, 0.15) is 5.69 Å². The summed E-state index contributed by atoms with van der Waals surface area (Å²) in [4.78, 5) is 25.1. The molecule has 158 valence electrons. The lowest BCUT2D eigenvalue weighted by Crippen LogP contribution is -2.16. The molecule has 4 rings (SSSR count). The fraction of sp³-hybridized carbons (Fsp3) is 0.0952. The minimum Gasteiger partial charge on any atom is -0.478 e. The standard InChI is InChI=1S/C21H12ClF3N2O3S/c1-10-9-15-18(31-10)17(11-5-7-12(8-6-11)20(29)30)26-27(15)19(28)13-3-2-4-14(16(13)22)21(23,24)25/h2-9H,1H3,(H,29,30). The van der Waals surface area contributed by atoms with Gasteiger partial charge in [-0.25, -0.2) is 4.79 Å². The van der Waals surface area contributed by atoms with Gasteiger partial charge in [-0.3, -0.25) is 4.79 Å². The molecule has 0 spiro atoms. The fourth-order valence-electron chi connectivity index (χ4n) is 3.17. The van der Waals surface area contributed by atoms with E-state index in [1.54, 1.807) is 18.2 Å². The van der Waals surface area contributed by atoms with Gasteiger partial charge in [0, 0.05) is 10.4 Å². The first-order valence-corrected chi connectivity index (χ1v) is 10.0. The zero-order valence-corrected chi connectivity index (χ0v) is 17.3. The SMILES string of the molecule is Cc1cc2c(s1)c(-c1ccc(C(=O)O)cc1)nn2C(=O)c1cccc(C(F)(F)F)c1Cl. The van der Waals surface area contributed by atoms with E-state index in [2.05, 4.69) is 5.10 Å². The largest absolute Gasteiger partial charge is 0.478 e. The molecule has 0 aliphatic heterocycles. The van der Waals surface area contributed by atoms with E-state index in [0.29, 0.717) is 21.5 Å². The Balaban J connectivity index is 1.86. The molecule has 1 N–H and O–H groups in total. The summed E-state index contributed by atoms with van der Waals surface area (Å²) in [6, 6.07) is 10.8. The highest BCUT2D eigenvalue weighted by Crippen LogP contribution is 2.38. The van der Waals surface area contributed by atoms with Crippen molar-refractivity contribution in [2.75, 3.05) is 0 Å². The first-order valence-electron chi connectivity index (χ1n) is 8.81. The predicted octanol–water partition coefficient (Wildman–Crippen LogP) is 6.13. The Kier molecular flexibility index (Phi) is 5.10. The minimum absolute atomic E-state index is 0.0913. The van der Waals surface area contributed by atoms with Crippen LogP contribution in [-0.4, -0.2) is 26.8 Å². The monoisotopic (exact) mass is 464 g/mol. The number of carbonyl (C=O) groups is 2. The summed E-state index contributed by atoms with van der Waals surface area (Å²) in [5.41, 5.74) is 0.0823. The van der Waals surface area contributed by atoms with E-state index in [-0.39, 0.29) is 11.1 Å². The second-order valence-corrected chi connectivity index (χ2v) is 8.32. The van der Waals surface area contributed by atoms with Crippen molar-refractivity contribution in [2.45, 2.75) is 13.1 Å². The van der Waals surface area contributed by atoms with Crippen molar-refractivity contribution < 1.29 is 27.9 Å². The highest BCUT2D eigenvalue weighted by atomic mass is 35.5. The summed E-state index contributed by atoms with van der Waals surface area (Å²) in [6.07, 6.45) is -4.71. The van der Waals surface area contributed by atoms with Crippen molar-refractivity contribution in [1.29, 1.82) is 0 Å². The van der Waals surface area contributed by atoms with Gasteiger partial charge in [0.05, 0.1) is 31.9 Å². The molecule has 5 nitrogen and oxygen atoms in total. The molecular weight excluding hydrogens is 453 g/mol. The molecule has 0 amide bonds. The number of aromatic carboxylic acids is 1. The number of carboxylic acids is 1. The number of halogens is 4. The van der Waals surface area contributed by atoms with E-state index in [0.717, 1.165) is 21.7 Å². The number of hydrogen-bond donors (Lipinski definition) is 1. The number of benzene rings is 2. The molecule has 0 aliphatic rings. The third kappa shape index (κ3) is 3.70. The summed E-state index contributed by atoms with van der Waals surface area (Å²) >= 11 is 7.29. The van der Waals surface area contributed by atoms with Crippen LogP contribution in [0.15, 0.2) is 48.5 Å². The number of nitrogens with zero attached hydrogens (tertiary/aromatic N) is 2. The van der Waals surface area contributed by atoms with Crippen LogP contribution in [0.25, 0.3) is 21.5 Å². The van der Waals surface area contributed by atoms with Crippen molar-refractivity contribution in [3.63, 3.8) is 0 Å². The summed E-state index contributed by atoms with van der Waals surface area (Å²) < 4.78 is 41.3. The van der Waals surface area contributed by atoms with Gasteiger partial charge in [-0.2, -0.15) is 23.0 Å². The van der Waals surface area contributed by atoms with Gasteiger partial charge in [0.15, 0.2) is 0 Å². The number of thiophene rings is 1. The van der Waals surface area contributed by atoms with Crippen LogP contribution in [0.3, 0.4) is 0 Å². The van der Waals surface area contributed by atoms with Crippen LogP contribution in [0, 0.1) is 6.92 Å². The highest BCUT2D eigenvalue weighted by Gasteiger charge is 2.35. The third-order valence-electron chi connectivity index (χ3n) is 4.61. The predicted molar refractivity (Wildman–Crippen MR) is 111 cm³/mol. The molecule has 2 heterocycles. The molecule has 0 saturated carbocycles. The van der Waals surface area contributed by atoms with Crippen molar-refractivity contribution in [3.8, 4) is 11.3 Å². The second-order valence-electron chi connectivity index (χ2n) is 6.68. The topological polar surface area (TPSA) is 72.2 Å². The molecule has 0 saturated heterocycles. The van der Waals surface area contributed by atoms with Crippen LogP contribution >= 0.6 is 22.9 Å². The maximum atomic E-state index is 13.2. The van der Waals surface area contributed by atoms with E-state index in [9.17, 15) is 22.8 Å². The van der Waals surface area contributed by atoms with E-state index >= 15 is 0 Å². The third-order valence-corrected chi connectivity index (χ3v) is 6.06. The van der Waals surface area contributed by atoms with Crippen LogP contribution in [0.4, 0.5) is 13.2 Å². The van der Waals surface area contributed by atoms with Gasteiger partial charge in [-0.1, -0.05) is 29.8 Å². The first-order chi connectivity index (χ1) is 14.6. The highest BCUT2D eigenvalue weighted by molar-refractivity contribution is 7.19. The van der Waals surface area contributed by atoms with Crippen molar-refractivity contribution >= 4 is 45.0 Å². The number of rotatable bonds is 3. The summed E-state index contributed by atoms with van der Waals surface area (Å²) in [5.74, 6) is -1.88. The fourth-order valence-corrected chi connectivity index (χ4v) is 4.48. The van der Waals surface area contributed by atoms with Crippen molar-refractivity contribution in [1.82, 2.24) is 9.78 Å². The molecule has 2 aromatic heterocycles. The molecule has 0 bridgehead atoms. The number of aryl methyl sites for hydroxylation is 1. The van der Waals surface area contributed by atoms with E-state index in [1.807, 2.05) is 6.92 Å². The van der Waals surface area contributed by atoms with E-state index < -0.39 is 28.6 Å². The maximum absolute atomic E-state index is 13.2. The lowest BCUT2D eigenvalue weighted by molar-refractivity contribution is -0.137.